The van der Waals surface area contributed by atoms with Crippen molar-refractivity contribution in [3.8, 4) is 0 Å². The van der Waals surface area contributed by atoms with Gasteiger partial charge in [-0.25, -0.2) is 8.42 Å². The monoisotopic (exact) mass is 363 g/mol. The molecule has 0 saturated carbocycles. The molecule has 8 nitrogen and oxygen atoms in total. The van der Waals surface area contributed by atoms with Gasteiger partial charge in [-0.1, -0.05) is 12.1 Å². The Morgan fingerprint density at radius 2 is 1.80 bits per heavy atom. The third-order valence-corrected chi connectivity index (χ3v) is 4.77. The number of carbonyl (C=O) groups excluding carboxylic acids is 1. The second-order valence-electron chi connectivity index (χ2n) is 5.57. The number of benzene rings is 2. The second-order valence-corrected chi connectivity index (χ2v) is 7.58. The van der Waals surface area contributed by atoms with E-state index in [2.05, 4.69) is 5.32 Å². The van der Waals surface area contributed by atoms with E-state index in [1.165, 1.54) is 24.3 Å². The zero-order chi connectivity index (χ0) is 18.8. The van der Waals surface area contributed by atoms with E-state index in [0.29, 0.717) is 5.56 Å². The van der Waals surface area contributed by atoms with Crippen LogP contribution in [0.2, 0.25) is 0 Å². The van der Waals surface area contributed by atoms with Crippen molar-refractivity contribution in [1.82, 2.24) is 5.32 Å². The third-order valence-electron chi connectivity index (χ3n) is 3.65. The van der Waals surface area contributed by atoms with E-state index in [1.54, 1.807) is 19.1 Å². The van der Waals surface area contributed by atoms with Crippen LogP contribution in [-0.2, 0) is 9.84 Å². The summed E-state index contributed by atoms with van der Waals surface area (Å²) in [5, 5.41) is 13.6. The predicted molar refractivity (Wildman–Crippen MR) is 92.9 cm³/mol. The van der Waals surface area contributed by atoms with Gasteiger partial charge in [0.15, 0.2) is 9.84 Å². The van der Waals surface area contributed by atoms with Crippen molar-refractivity contribution < 1.29 is 18.1 Å². The number of nitrogens with zero attached hydrogens (tertiary/aromatic N) is 1. The summed E-state index contributed by atoms with van der Waals surface area (Å²) in [6.07, 6.45) is 1.11. The van der Waals surface area contributed by atoms with E-state index in [1.807, 2.05) is 0 Å². The number of nitrogen functional groups attached to an aromatic ring is 1. The number of nitro benzene ring substituents is 1. The van der Waals surface area contributed by atoms with Gasteiger partial charge in [0, 0.05) is 17.9 Å². The summed E-state index contributed by atoms with van der Waals surface area (Å²) in [5.41, 5.74) is 5.96. The molecule has 132 valence electrons. The highest BCUT2D eigenvalue weighted by Gasteiger charge is 2.17. The van der Waals surface area contributed by atoms with Gasteiger partial charge in [0.25, 0.3) is 11.6 Å². The molecule has 0 aromatic heterocycles. The fourth-order valence-electron chi connectivity index (χ4n) is 2.21. The van der Waals surface area contributed by atoms with E-state index >= 15 is 0 Å². The van der Waals surface area contributed by atoms with Crippen molar-refractivity contribution in [2.24, 2.45) is 0 Å². The van der Waals surface area contributed by atoms with Gasteiger partial charge in [0.1, 0.15) is 5.69 Å². The average Bonchev–Trinajstić information content (AvgIpc) is 2.54. The van der Waals surface area contributed by atoms with Crippen molar-refractivity contribution in [1.29, 1.82) is 0 Å². The topological polar surface area (TPSA) is 132 Å². The normalized spacial score (nSPS) is 12.4. The first-order valence-electron chi connectivity index (χ1n) is 7.24. The Balaban J connectivity index is 2.17. The van der Waals surface area contributed by atoms with Gasteiger partial charge in [-0.3, -0.25) is 14.9 Å². The van der Waals surface area contributed by atoms with Crippen molar-refractivity contribution in [3.63, 3.8) is 0 Å². The molecule has 2 aromatic carbocycles. The van der Waals surface area contributed by atoms with Crippen LogP contribution in [0.1, 0.15) is 28.9 Å². The molecular formula is C16H17N3O5S. The first-order chi connectivity index (χ1) is 11.6. The molecular weight excluding hydrogens is 346 g/mol. The minimum Gasteiger partial charge on any atom is -0.393 e. The van der Waals surface area contributed by atoms with Crippen LogP contribution in [-0.4, -0.2) is 25.5 Å². The highest BCUT2D eigenvalue weighted by Crippen LogP contribution is 2.23. The quantitative estimate of drug-likeness (QED) is 0.475. The Morgan fingerprint density at radius 1 is 1.20 bits per heavy atom. The molecule has 25 heavy (non-hydrogen) atoms. The fourth-order valence-corrected chi connectivity index (χ4v) is 2.84. The van der Waals surface area contributed by atoms with Gasteiger partial charge in [-0.15, -0.1) is 0 Å². The maximum Gasteiger partial charge on any atom is 0.292 e. The fraction of sp³-hybridized carbons (Fsp3) is 0.188. The van der Waals surface area contributed by atoms with E-state index < -0.39 is 26.7 Å². The molecule has 1 amide bonds. The van der Waals surface area contributed by atoms with Crippen LogP contribution >= 0.6 is 0 Å². The molecule has 0 radical (unpaired) electrons. The predicted octanol–water partition coefficient (Wildman–Crippen LogP) is 2.07. The number of hydrogen-bond acceptors (Lipinski definition) is 6. The molecule has 2 rings (SSSR count). The number of hydrogen-bond donors (Lipinski definition) is 2. The molecule has 0 spiro atoms. The minimum atomic E-state index is -3.29. The molecule has 0 aliphatic heterocycles. The minimum absolute atomic E-state index is 0.0223. The third kappa shape index (κ3) is 4.32. The van der Waals surface area contributed by atoms with Crippen molar-refractivity contribution in [3.05, 3.63) is 63.7 Å². The van der Waals surface area contributed by atoms with Crippen LogP contribution in [0, 0.1) is 10.1 Å². The van der Waals surface area contributed by atoms with Crippen molar-refractivity contribution >= 4 is 27.1 Å². The standard InChI is InChI=1S/C16H17N3O5S/c1-10(11-3-6-13(7-4-11)25(2,23)24)18-16(20)12-5-8-14(17)15(9-12)19(21)22/h3-10H,17H2,1-2H3,(H,18,20). The SMILES string of the molecule is CC(NC(=O)c1ccc(N)c([N+](=O)[O-])c1)c1ccc(S(C)(=O)=O)cc1. The van der Waals surface area contributed by atoms with Crippen LogP contribution in [0.4, 0.5) is 11.4 Å². The maximum absolute atomic E-state index is 12.3. The van der Waals surface area contributed by atoms with E-state index in [0.717, 1.165) is 12.3 Å². The van der Waals surface area contributed by atoms with Gasteiger partial charge in [-0.05, 0) is 36.8 Å². The summed E-state index contributed by atoms with van der Waals surface area (Å²) in [6, 6.07) is 9.53. The van der Waals surface area contributed by atoms with Crippen LogP contribution in [0.15, 0.2) is 47.4 Å². The number of nitro groups is 1. The summed E-state index contributed by atoms with van der Waals surface area (Å²) in [7, 11) is -3.29. The molecule has 0 bridgehead atoms. The van der Waals surface area contributed by atoms with Gasteiger partial charge >= 0.3 is 0 Å². The number of rotatable bonds is 5. The van der Waals surface area contributed by atoms with Gasteiger partial charge in [0.2, 0.25) is 0 Å². The smallest absolute Gasteiger partial charge is 0.292 e. The zero-order valence-electron chi connectivity index (χ0n) is 13.6. The summed E-state index contributed by atoms with van der Waals surface area (Å²) in [4.78, 5) is 22.7. The molecule has 0 aliphatic rings. The lowest BCUT2D eigenvalue weighted by atomic mass is 10.1. The average molecular weight is 363 g/mol. The Hall–Kier alpha value is -2.94. The number of amides is 1. The summed E-state index contributed by atoms with van der Waals surface area (Å²) >= 11 is 0. The van der Waals surface area contributed by atoms with Gasteiger partial charge in [0.05, 0.1) is 15.9 Å². The Bertz CT molecular complexity index is 923. The molecule has 3 N–H and O–H groups in total. The van der Waals surface area contributed by atoms with E-state index in [-0.39, 0.29) is 21.8 Å². The Labute approximate surface area is 144 Å². The van der Waals surface area contributed by atoms with Gasteiger partial charge in [-0.2, -0.15) is 0 Å². The largest absolute Gasteiger partial charge is 0.393 e. The molecule has 2 aromatic rings. The molecule has 0 fully saturated rings. The van der Waals surface area contributed by atoms with E-state index in [9.17, 15) is 23.3 Å². The molecule has 0 saturated heterocycles. The number of anilines is 1. The lowest BCUT2D eigenvalue weighted by Crippen LogP contribution is -2.26. The first-order valence-corrected chi connectivity index (χ1v) is 9.13. The summed E-state index contributed by atoms with van der Waals surface area (Å²) < 4.78 is 22.9. The Kier molecular flexibility index (Phi) is 5.07. The molecule has 1 unspecified atom stereocenters. The van der Waals surface area contributed by atoms with Crippen LogP contribution in [0.5, 0.6) is 0 Å². The van der Waals surface area contributed by atoms with E-state index in [4.69, 9.17) is 5.73 Å². The summed E-state index contributed by atoms with van der Waals surface area (Å²) in [6.45, 7) is 1.72. The number of nitrogens with two attached hydrogens (primary N) is 1. The van der Waals surface area contributed by atoms with Gasteiger partial charge < -0.3 is 11.1 Å². The number of nitrogens with one attached hydrogen (secondary N) is 1. The number of sulfone groups is 1. The maximum atomic E-state index is 12.3. The molecule has 9 heteroatoms. The highest BCUT2D eigenvalue weighted by atomic mass is 32.2. The zero-order valence-corrected chi connectivity index (χ0v) is 14.4. The lowest BCUT2D eigenvalue weighted by Gasteiger charge is -2.15. The summed E-state index contributed by atoms with van der Waals surface area (Å²) in [5.74, 6) is -0.497. The highest BCUT2D eigenvalue weighted by molar-refractivity contribution is 7.90. The van der Waals surface area contributed by atoms with Crippen molar-refractivity contribution in [2.75, 3.05) is 12.0 Å². The van der Waals surface area contributed by atoms with Crippen molar-refractivity contribution in [2.45, 2.75) is 17.9 Å². The second kappa shape index (κ2) is 6.89. The first kappa shape index (κ1) is 18.4. The molecule has 0 heterocycles. The van der Waals surface area contributed by atoms with Crippen LogP contribution in [0.3, 0.4) is 0 Å². The van der Waals surface area contributed by atoms with Crippen LogP contribution in [0.25, 0.3) is 0 Å². The van der Waals surface area contributed by atoms with Crippen LogP contribution < -0.4 is 11.1 Å². The number of carbonyl (C=O) groups is 1. The molecule has 1 atom stereocenters. The molecule has 0 aliphatic carbocycles. The Morgan fingerprint density at radius 3 is 2.32 bits per heavy atom. The lowest BCUT2D eigenvalue weighted by molar-refractivity contribution is -0.383.